The molecule has 0 unspecified atom stereocenters. The van der Waals surface area contributed by atoms with Crippen LogP contribution in [0.25, 0.3) is 11.6 Å². The van der Waals surface area contributed by atoms with Crippen molar-refractivity contribution >= 4 is 11.9 Å². The van der Waals surface area contributed by atoms with Crippen molar-refractivity contribution in [3.63, 3.8) is 0 Å². The van der Waals surface area contributed by atoms with Crippen LogP contribution in [-0.2, 0) is 6.54 Å². The summed E-state index contributed by atoms with van der Waals surface area (Å²) in [6.45, 7) is 5.54. The predicted octanol–water partition coefficient (Wildman–Crippen LogP) is 0.0971. The van der Waals surface area contributed by atoms with Gasteiger partial charge in [0.05, 0.1) is 0 Å². The smallest absolute Gasteiger partial charge is 0.239 e. The lowest BCUT2D eigenvalue weighted by Gasteiger charge is -2.05. The molecule has 2 rings (SSSR count). The molecule has 0 bridgehead atoms. The highest BCUT2D eigenvalue weighted by atomic mass is 15.4. The van der Waals surface area contributed by atoms with Crippen molar-refractivity contribution in [2.45, 2.75) is 20.4 Å². The molecule has 0 saturated heterocycles. The molecule has 0 aliphatic carbocycles. The summed E-state index contributed by atoms with van der Waals surface area (Å²) in [5.74, 6) is 2.07. The second-order valence-corrected chi connectivity index (χ2v) is 3.16. The highest BCUT2D eigenvalue weighted by Crippen LogP contribution is 2.16. The lowest BCUT2D eigenvalue weighted by molar-refractivity contribution is 0.765. The van der Waals surface area contributed by atoms with Crippen LogP contribution in [0.4, 0.5) is 11.9 Å². The third kappa shape index (κ3) is 1.69. The first-order valence-corrected chi connectivity index (χ1v) is 5.11. The Morgan fingerprint density at radius 1 is 1.38 bits per heavy atom. The lowest BCUT2D eigenvalue weighted by atomic mass is 10.5. The molecule has 8 nitrogen and oxygen atoms in total. The van der Waals surface area contributed by atoms with Crippen molar-refractivity contribution in [3.8, 4) is 11.6 Å². The van der Waals surface area contributed by atoms with Crippen LogP contribution < -0.4 is 11.1 Å². The number of aromatic amines is 1. The fourth-order valence-electron chi connectivity index (χ4n) is 1.44. The number of nitrogens with zero attached hydrogens (tertiary/aromatic N) is 5. The molecule has 0 radical (unpaired) electrons. The van der Waals surface area contributed by atoms with E-state index < -0.39 is 0 Å². The molecule has 86 valence electrons. The van der Waals surface area contributed by atoms with Gasteiger partial charge in [-0.25, -0.2) is 0 Å². The Labute approximate surface area is 92.3 Å². The lowest BCUT2D eigenvalue weighted by Crippen LogP contribution is -2.07. The molecule has 8 heteroatoms. The third-order valence-electron chi connectivity index (χ3n) is 2.12. The Morgan fingerprint density at radius 3 is 2.75 bits per heavy atom. The number of rotatable bonds is 4. The maximum atomic E-state index is 5.45. The van der Waals surface area contributed by atoms with Gasteiger partial charge in [-0.2, -0.15) is 4.98 Å². The van der Waals surface area contributed by atoms with E-state index in [-0.39, 0.29) is 5.95 Å². The molecular formula is C8H14N8. The van der Waals surface area contributed by atoms with E-state index in [1.165, 1.54) is 0 Å². The van der Waals surface area contributed by atoms with E-state index in [0.717, 1.165) is 19.0 Å². The summed E-state index contributed by atoms with van der Waals surface area (Å²) in [6.07, 6.45) is 0. The number of anilines is 2. The molecule has 2 heterocycles. The topological polar surface area (TPSA) is 110 Å². The van der Waals surface area contributed by atoms with E-state index in [1.807, 2.05) is 18.4 Å². The Bertz CT molecular complexity index is 470. The molecule has 0 aromatic carbocycles. The molecule has 0 aliphatic rings. The molecule has 16 heavy (non-hydrogen) atoms. The molecule has 0 amide bonds. The van der Waals surface area contributed by atoms with Gasteiger partial charge in [-0.15, -0.1) is 15.3 Å². The van der Waals surface area contributed by atoms with Crippen molar-refractivity contribution in [3.05, 3.63) is 0 Å². The van der Waals surface area contributed by atoms with Crippen LogP contribution in [0.5, 0.6) is 0 Å². The summed E-state index contributed by atoms with van der Waals surface area (Å²) in [4.78, 5) is 4.02. The Hall–Kier alpha value is -2.12. The molecule has 4 N–H and O–H groups in total. The van der Waals surface area contributed by atoms with E-state index >= 15 is 0 Å². The summed E-state index contributed by atoms with van der Waals surface area (Å²) in [7, 11) is 0. The average Bonchev–Trinajstić information content (AvgIpc) is 2.85. The fraction of sp³-hybridized carbons (Fsp3) is 0.500. The first kappa shape index (κ1) is 10.4. The quantitative estimate of drug-likeness (QED) is 0.676. The van der Waals surface area contributed by atoms with Gasteiger partial charge in [-0.05, 0) is 13.8 Å². The first-order chi connectivity index (χ1) is 7.76. The number of nitrogens with two attached hydrogens (primary N) is 1. The van der Waals surface area contributed by atoms with E-state index in [9.17, 15) is 0 Å². The summed E-state index contributed by atoms with van der Waals surface area (Å²) in [6, 6.07) is 0. The van der Waals surface area contributed by atoms with Gasteiger partial charge in [0.1, 0.15) is 0 Å². The van der Waals surface area contributed by atoms with Gasteiger partial charge in [-0.3, -0.25) is 9.67 Å². The van der Waals surface area contributed by atoms with Crippen LogP contribution in [0.2, 0.25) is 0 Å². The SMILES string of the molecule is CCNc1nnc(-c2nc(N)n[nH]2)n1CC. The van der Waals surface area contributed by atoms with Crippen molar-refractivity contribution in [1.29, 1.82) is 0 Å². The third-order valence-corrected chi connectivity index (χ3v) is 2.12. The molecule has 0 aliphatic heterocycles. The summed E-state index contributed by atoms with van der Waals surface area (Å²) < 4.78 is 1.91. The molecule has 0 spiro atoms. The predicted molar refractivity (Wildman–Crippen MR) is 59.6 cm³/mol. The van der Waals surface area contributed by atoms with Crippen molar-refractivity contribution in [2.24, 2.45) is 0 Å². The van der Waals surface area contributed by atoms with Gasteiger partial charge in [0, 0.05) is 13.1 Å². The zero-order chi connectivity index (χ0) is 11.5. The molecule has 2 aromatic heterocycles. The molecule has 2 aromatic rings. The summed E-state index contributed by atoms with van der Waals surface area (Å²) >= 11 is 0. The number of nitrogens with one attached hydrogen (secondary N) is 2. The largest absolute Gasteiger partial charge is 0.366 e. The molecular weight excluding hydrogens is 208 g/mol. The summed E-state index contributed by atoms with van der Waals surface area (Å²) in [5.41, 5.74) is 5.45. The maximum Gasteiger partial charge on any atom is 0.239 e. The molecule has 0 fully saturated rings. The summed E-state index contributed by atoms with van der Waals surface area (Å²) in [5, 5.41) is 17.7. The van der Waals surface area contributed by atoms with Crippen LogP contribution in [0, 0.1) is 0 Å². The number of aromatic nitrogens is 6. The first-order valence-electron chi connectivity index (χ1n) is 5.11. The fourth-order valence-corrected chi connectivity index (χ4v) is 1.44. The zero-order valence-electron chi connectivity index (χ0n) is 9.23. The van der Waals surface area contributed by atoms with E-state index in [0.29, 0.717) is 11.6 Å². The minimum absolute atomic E-state index is 0.200. The van der Waals surface area contributed by atoms with Crippen LogP contribution >= 0.6 is 0 Å². The van der Waals surface area contributed by atoms with Crippen molar-refractivity contribution in [2.75, 3.05) is 17.6 Å². The molecule has 0 atom stereocenters. The maximum absolute atomic E-state index is 5.45. The van der Waals surface area contributed by atoms with Crippen LogP contribution in [0.15, 0.2) is 0 Å². The van der Waals surface area contributed by atoms with Gasteiger partial charge in [-0.1, -0.05) is 0 Å². The van der Waals surface area contributed by atoms with Crippen LogP contribution in [-0.4, -0.2) is 36.5 Å². The number of nitrogen functional groups attached to an aromatic ring is 1. The van der Waals surface area contributed by atoms with E-state index in [2.05, 4.69) is 30.7 Å². The number of hydrogen-bond acceptors (Lipinski definition) is 6. The van der Waals surface area contributed by atoms with Gasteiger partial charge in [0.2, 0.25) is 17.7 Å². The molecule has 0 saturated carbocycles. The van der Waals surface area contributed by atoms with E-state index in [1.54, 1.807) is 0 Å². The zero-order valence-corrected chi connectivity index (χ0v) is 9.23. The van der Waals surface area contributed by atoms with Crippen LogP contribution in [0.3, 0.4) is 0 Å². The minimum atomic E-state index is 0.200. The number of H-pyrrole nitrogens is 1. The monoisotopic (exact) mass is 222 g/mol. The number of hydrogen-bond donors (Lipinski definition) is 3. The second kappa shape index (κ2) is 4.17. The Morgan fingerprint density at radius 2 is 2.19 bits per heavy atom. The average molecular weight is 222 g/mol. The Balaban J connectivity index is 2.41. The highest BCUT2D eigenvalue weighted by Gasteiger charge is 2.14. The standard InChI is InChI=1S/C8H14N8/c1-3-10-8-15-13-6(16(8)4-2)5-11-7(9)14-12-5/h3-4H2,1-2H3,(H,10,15)(H3,9,11,12,14). The van der Waals surface area contributed by atoms with Crippen molar-refractivity contribution < 1.29 is 0 Å². The highest BCUT2D eigenvalue weighted by molar-refractivity contribution is 5.48. The van der Waals surface area contributed by atoms with Crippen LogP contribution in [0.1, 0.15) is 13.8 Å². The van der Waals surface area contributed by atoms with Gasteiger partial charge in [0.25, 0.3) is 0 Å². The second-order valence-electron chi connectivity index (χ2n) is 3.16. The normalized spacial score (nSPS) is 10.6. The van der Waals surface area contributed by atoms with E-state index in [4.69, 9.17) is 5.73 Å². The van der Waals surface area contributed by atoms with Gasteiger partial charge in [0.15, 0.2) is 5.82 Å². The minimum Gasteiger partial charge on any atom is -0.366 e. The van der Waals surface area contributed by atoms with Crippen molar-refractivity contribution in [1.82, 2.24) is 29.9 Å². The van der Waals surface area contributed by atoms with Gasteiger partial charge >= 0.3 is 0 Å². The van der Waals surface area contributed by atoms with Gasteiger partial charge < -0.3 is 11.1 Å². The Kier molecular flexibility index (Phi) is 2.71.